The Balaban J connectivity index is 1.54. The lowest BCUT2D eigenvalue weighted by Crippen LogP contribution is -2.14. The van der Waals surface area contributed by atoms with Crippen molar-refractivity contribution in [2.24, 2.45) is 0 Å². The van der Waals surface area contributed by atoms with Crippen LogP contribution in [0.4, 0.5) is 11.6 Å². The van der Waals surface area contributed by atoms with Crippen molar-refractivity contribution in [1.29, 1.82) is 0 Å². The van der Waals surface area contributed by atoms with E-state index in [-0.39, 0.29) is 6.61 Å². The molecule has 3 heterocycles. The quantitative estimate of drug-likeness (QED) is 0.499. The Morgan fingerprint density at radius 3 is 3.07 bits per heavy atom. The summed E-state index contributed by atoms with van der Waals surface area (Å²) < 4.78 is 4.85. The number of ether oxygens (including phenoxy) is 1. The van der Waals surface area contributed by atoms with Crippen LogP contribution < -0.4 is 5.32 Å². The van der Waals surface area contributed by atoms with Gasteiger partial charge in [0.25, 0.3) is 0 Å². The van der Waals surface area contributed by atoms with Gasteiger partial charge < -0.3 is 15.2 Å². The number of carbonyl (C=O) groups is 1. The van der Waals surface area contributed by atoms with Gasteiger partial charge in [-0.1, -0.05) is 11.6 Å². The average Bonchev–Trinajstić information content (AvgIpc) is 3.23. The molecule has 3 aromatic heterocycles. The molecule has 0 aromatic carbocycles. The zero-order valence-electron chi connectivity index (χ0n) is 15.0. The maximum absolute atomic E-state index is 11.7. The number of anilines is 2. The molecule has 0 saturated heterocycles. The van der Waals surface area contributed by atoms with E-state index in [1.807, 2.05) is 6.07 Å². The molecule has 1 unspecified atom stereocenters. The molecule has 10 heteroatoms. The van der Waals surface area contributed by atoms with E-state index in [1.54, 1.807) is 19.1 Å². The molecule has 8 nitrogen and oxygen atoms in total. The number of halogens is 1. The summed E-state index contributed by atoms with van der Waals surface area (Å²) in [5, 5.41) is 20.8. The standard InChI is InChI=1S/C18H18ClN5O3S/c1-2-27-18(26)15(25)12-5-6-13(28-12)17-20-8-10(19)16(22-17)21-14-7-11(23-24-14)9-3-4-9/h5-9,15,25H,2-4H2,1H3,(H2,20,21,22,23,24). The largest absolute Gasteiger partial charge is 0.464 e. The van der Waals surface area contributed by atoms with Crippen LogP contribution in [-0.4, -0.2) is 37.8 Å². The number of nitrogens with one attached hydrogen (secondary N) is 2. The number of aliphatic hydroxyl groups is 1. The third-order valence-corrected chi connectivity index (χ3v) is 5.64. The molecule has 4 rings (SSSR count). The Labute approximate surface area is 169 Å². The SMILES string of the molecule is CCOC(=O)C(O)c1ccc(-c2ncc(Cl)c(Nc3cc(C4CC4)[nH]n3)n2)s1. The lowest BCUT2D eigenvalue weighted by molar-refractivity contribution is -0.153. The average molecular weight is 420 g/mol. The Kier molecular flexibility index (Phi) is 5.29. The third-order valence-electron chi connectivity index (χ3n) is 4.23. The second-order valence-corrected chi connectivity index (χ2v) is 7.88. The summed E-state index contributed by atoms with van der Waals surface area (Å²) in [6, 6.07) is 5.35. The fourth-order valence-corrected chi connectivity index (χ4v) is 3.72. The minimum absolute atomic E-state index is 0.207. The summed E-state index contributed by atoms with van der Waals surface area (Å²) in [6.45, 7) is 1.90. The van der Waals surface area contributed by atoms with Crippen molar-refractivity contribution in [3.8, 4) is 10.7 Å². The van der Waals surface area contributed by atoms with Gasteiger partial charge >= 0.3 is 5.97 Å². The Morgan fingerprint density at radius 2 is 2.32 bits per heavy atom. The number of aromatic nitrogens is 4. The minimum atomic E-state index is -1.33. The van der Waals surface area contributed by atoms with Crippen molar-refractivity contribution in [3.63, 3.8) is 0 Å². The van der Waals surface area contributed by atoms with E-state index in [0.29, 0.717) is 38.2 Å². The van der Waals surface area contributed by atoms with E-state index >= 15 is 0 Å². The van der Waals surface area contributed by atoms with Crippen LogP contribution in [0, 0.1) is 0 Å². The second-order valence-electron chi connectivity index (χ2n) is 6.35. The van der Waals surface area contributed by atoms with Crippen LogP contribution in [0.25, 0.3) is 10.7 Å². The van der Waals surface area contributed by atoms with Crippen molar-refractivity contribution in [2.75, 3.05) is 11.9 Å². The van der Waals surface area contributed by atoms with Crippen molar-refractivity contribution in [2.45, 2.75) is 31.8 Å². The Hall–Kier alpha value is -2.49. The fourth-order valence-electron chi connectivity index (χ4n) is 2.66. The van der Waals surface area contributed by atoms with E-state index in [2.05, 4.69) is 25.5 Å². The van der Waals surface area contributed by atoms with Gasteiger partial charge in [-0.15, -0.1) is 11.3 Å². The zero-order valence-corrected chi connectivity index (χ0v) is 16.5. The third kappa shape index (κ3) is 4.01. The molecular weight excluding hydrogens is 402 g/mol. The Morgan fingerprint density at radius 1 is 1.50 bits per heavy atom. The smallest absolute Gasteiger partial charge is 0.340 e. The number of aromatic amines is 1. The topological polar surface area (TPSA) is 113 Å². The van der Waals surface area contributed by atoms with Crippen LogP contribution >= 0.6 is 22.9 Å². The number of aliphatic hydroxyl groups excluding tert-OH is 1. The Bertz CT molecular complexity index is 1000. The van der Waals surface area contributed by atoms with Gasteiger partial charge in [0.1, 0.15) is 5.02 Å². The normalized spacial score (nSPS) is 14.7. The molecule has 1 aliphatic rings. The van der Waals surface area contributed by atoms with Crippen LogP contribution in [-0.2, 0) is 9.53 Å². The maximum Gasteiger partial charge on any atom is 0.340 e. The van der Waals surface area contributed by atoms with Crippen molar-refractivity contribution < 1.29 is 14.6 Å². The first-order valence-corrected chi connectivity index (χ1v) is 10.0. The molecule has 0 aliphatic heterocycles. The van der Waals surface area contributed by atoms with E-state index in [4.69, 9.17) is 16.3 Å². The van der Waals surface area contributed by atoms with Gasteiger partial charge in [-0.25, -0.2) is 14.8 Å². The molecule has 1 fully saturated rings. The number of nitrogens with zero attached hydrogens (tertiary/aromatic N) is 3. The van der Waals surface area contributed by atoms with E-state index in [0.717, 1.165) is 5.69 Å². The molecule has 0 bridgehead atoms. The number of hydrogen-bond donors (Lipinski definition) is 3. The van der Waals surface area contributed by atoms with Crippen molar-refractivity contribution in [3.05, 3.63) is 40.0 Å². The van der Waals surface area contributed by atoms with Crippen LogP contribution in [0.1, 0.15) is 42.4 Å². The number of esters is 1. The van der Waals surface area contributed by atoms with Gasteiger partial charge in [0.15, 0.2) is 23.6 Å². The lowest BCUT2D eigenvalue weighted by Gasteiger charge is -2.07. The molecule has 0 spiro atoms. The molecular formula is C18H18ClN5O3S. The molecule has 3 N–H and O–H groups in total. The number of rotatable bonds is 7. The predicted octanol–water partition coefficient (Wildman–Crippen LogP) is 3.80. The highest BCUT2D eigenvalue weighted by molar-refractivity contribution is 7.15. The van der Waals surface area contributed by atoms with Crippen LogP contribution in [0.15, 0.2) is 24.4 Å². The van der Waals surface area contributed by atoms with Crippen molar-refractivity contribution >= 4 is 40.5 Å². The van der Waals surface area contributed by atoms with E-state index in [1.165, 1.54) is 30.4 Å². The number of hydrogen-bond acceptors (Lipinski definition) is 8. The molecule has 28 heavy (non-hydrogen) atoms. The number of carbonyl (C=O) groups excluding carboxylic acids is 1. The maximum atomic E-state index is 11.7. The monoisotopic (exact) mass is 419 g/mol. The van der Waals surface area contributed by atoms with Crippen LogP contribution in [0.2, 0.25) is 5.02 Å². The molecule has 0 radical (unpaired) electrons. The summed E-state index contributed by atoms with van der Waals surface area (Å²) >= 11 is 7.44. The van der Waals surface area contributed by atoms with Crippen molar-refractivity contribution in [1.82, 2.24) is 20.2 Å². The zero-order chi connectivity index (χ0) is 19.7. The van der Waals surface area contributed by atoms with Crippen LogP contribution in [0.3, 0.4) is 0 Å². The molecule has 0 amide bonds. The summed E-state index contributed by atoms with van der Waals surface area (Å²) in [5.41, 5.74) is 1.10. The summed E-state index contributed by atoms with van der Waals surface area (Å²) in [6.07, 6.45) is 2.53. The first-order valence-electron chi connectivity index (χ1n) is 8.84. The molecule has 3 aromatic rings. The van der Waals surface area contributed by atoms with Gasteiger partial charge in [-0.3, -0.25) is 5.10 Å². The summed E-state index contributed by atoms with van der Waals surface area (Å²) in [5.74, 6) is 1.38. The highest BCUT2D eigenvalue weighted by atomic mass is 35.5. The molecule has 1 atom stereocenters. The van der Waals surface area contributed by atoms with Gasteiger partial charge in [0, 0.05) is 22.6 Å². The van der Waals surface area contributed by atoms with Crippen LogP contribution in [0.5, 0.6) is 0 Å². The molecule has 1 aliphatic carbocycles. The van der Waals surface area contributed by atoms with Gasteiger partial charge in [-0.2, -0.15) is 5.10 Å². The number of thiophene rings is 1. The molecule has 146 valence electrons. The summed E-state index contributed by atoms with van der Waals surface area (Å²) in [7, 11) is 0. The summed E-state index contributed by atoms with van der Waals surface area (Å²) in [4.78, 5) is 21.6. The van der Waals surface area contributed by atoms with Gasteiger partial charge in [0.05, 0.1) is 17.7 Å². The first-order chi connectivity index (χ1) is 13.5. The second kappa shape index (κ2) is 7.86. The van der Waals surface area contributed by atoms with Gasteiger partial charge in [-0.05, 0) is 31.9 Å². The van der Waals surface area contributed by atoms with E-state index in [9.17, 15) is 9.90 Å². The highest BCUT2D eigenvalue weighted by Gasteiger charge is 2.26. The highest BCUT2D eigenvalue weighted by Crippen LogP contribution is 2.40. The number of H-pyrrole nitrogens is 1. The first kappa shape index (κ1) is 18.9. The molecule has 1 saturated carbocycles. The fraction of sp³-hybridized carbons (Fsp3) is 0.333. The lowest BCUT2D eigenvalue weighted by atomic mass is 10.3. The van der Waals surface area contributed by atoms with Gasteiger partial charge in [0.2, 0.25) is 0 Å². The van der Waals surface area contributed by atoms with E-state index < -0.39 is 12.1 Å². The predicted molar refractivity (Wildman–Crippen MR) is 106 cm³/mol. The minimum Gasteiger partial charge on any atom is -0.464 e.